The molecule has 30 heavy (non-hydrogen) atoms. The van der Waals surface area contributed by atoms with Gasteiger partial charge in [-0.15, -0.1) is 0 Å². The van der Waals surface area contributed by atoms with Crippen LogP contribution in [0.4, 0.5) is 0 Å². The van der Waals surface area contributed by atoms with Crippen LogP contribution >= 0.6 is 11.6 Å². The maximum Gasteiger partial charge on any atom is 0.261 e. The molecule has 0 fully saturated rings. The van der Waals surface area contributed by atoms with Crippen molar-refractivity contribution in [1.82, 2.24) is 14.9 Å². The van der Waals surface area contributed by atoms with Gasteiger partial charge in [-0.3, -0.25) is 14.2 Å². The van der Waals surface area contributed by atoms with Crippen molar-refractivity contribution in [2.75, 3.05) is 20.8 Å². The van der Waals surface area contributed by atoms with Gasteiger partial charge in [-0.05, 0) is 54.0 Å². The van der Waals surface area contributed by atoms with Crippen LogP contribution in [0.2, 0.25) is 5.02 Å². The summed E-state index contributed by atoms with van der Waals surface area (Å²) >= 11 is 6.08. The number of nitrogens with one attached hydrogen (secondary N) is 1. The number of ether oxygens (including phenoxy) is 2. The first-order valence-electron chi connectivity index (χ1n) is 9.42. The van der Waals surface area contributed by atoms with E-state index in [1.807, 2.05) is 18.2 Å². The first-order valence-corrected chi connectivity index (χ1v) is 9.80. The molecule has 0 unspecified atom stereocenters. The van der Waals surface area contributed by atoms with Crippen molar-refractivity contribution in [3.8, 4) is 11.5 Å². The molecule has 154 valence electrons. The fourth-order valence-corrected chi connectivity index (χ4v) is 3.60. The molecule has 0 atom stereocenters. The smallest absolute Gasteiger partial charge is 0.261 e. The third-order valence-electron chi connectivity index (χ3n) is 4.98. The lowest BCUT2D eigenvalue weighted by molar-refractivity contribution is -0.122. The zero-order valence-corrected chi connectivity index (χ0v) is 17.3. The molecular formula is C22H20ClN3O4. The average molecular weight is 426 g/mol. The Morgan fingerprint density at radius 3 is 2.87 bits per heavy atom. The number of hydrogen-bond donors (Lipinski definition) is 1. The molecule has 3 aromatic rings. The number of methoxy groups -OCH3 is 1. The molecule has 1 aromatic heterocycles. The van der Waals surface area contributed by atoms with Crippen molar-refractivity contribution < 1.29 is 14.3 Å². The predicted octanol–water partition coefficient (Wildman–Crippen LogP) is 3.13. The van der Waals surface area contributed by atoms with E-state index in [0.717, 1.165) is 11.1 Å². The van der Waals surface area contributed by atoms with E-state index in [2.05, 4.69) is 10.3 Å². The summed E-state index contributed by atoms with van der Waals surface area (Å²) in [5.74, 6) is 1.41. The number of benzene rings is 2. The number of hydrogen-bond acceptors (Lipinski definition) is 5. The molecule has 0 radical (unpaired) electrons. The molecule has 7 nitrogen and oxygen atoms in total. The molecule has 8 heteroatoms. The molecule has 1 aliphatic rings. The van der Waals surface area contributed by atoms with E-state index in [9.17, 15) is 9.59 Å². The highest BCUT2D eigenvalue weighted by Gasteiger charge is 2.21. The molecule has 0 spiro atoms. The zero-order valence-electron chi connectivity index (χ0n) is 16.6. The van der Waals surface area contributed by atoms with Gasteiger partial charge in [-0.1, -0.05) is 17.7 Å². The van der Waals surface area contributed by atoms with Gasteiger partial charge in [0.05, 0.1) is 18.0 Å². The summed E-state index contributed by atoms with van der Waals surface area (Å²) in [5.41, 5.74) is 2.35. The fourth-order valence-electron chi connectivity index (χ4n) is 3.44. The highest BCUT2D eigenvalue weighted by Crippen LogP contribution is 2.32. The molecule has 1 N–H and O–H groups in total. The fraction of sp³-hybridized carbons (Fsp3) is 0.227. The number of fused-ring (bicyclic) bond motifs is 2. The van der Waals surface area contributed by atoms with Crippen LogP contribution in [-0.4, -0.2) is 36.2 Å². The lowest BCUT2D eigenvalue weighted by Gasteiger charge is -2.11. The molecule has 0 bridgehead atoms. The minimum absolute atomic E-state index is 0.0643. The molecule has 0 saturated heterocycles. The minimum Gasteiger partial charge on any atom is -0.493 e. The highest BCUT2D eigenvalue weighted by molar-refractivity contribution is 6.31. The van der Waals surface area contributed by atoms with Crippen LogP contribution in [-0.2, 0) is 11.3 Å². The summed E-state index contributed by atoms with van der Waals surface area (Å²) < 4.78 is 12.6. The van der Waals surface area contributed by atoms with Crippen molar-refractivity contribution in [3.05, 3.63) is 63.2 Å². The highest BCUT2D eigenvalue weighted by atomic mass is 35.5. The minimum atomic E-state index is -0.227. The first-order chi connectivity index (χ1) is 14.5. The molecule has 1 amide bonds. The summed E-state index contributed by atoms with van der Waals surface area (Å²) in [4.78, 5) is 28.9. The zero-order chi connectivity index (χ0) is 21.3. The van der Waals surface area contributed by atoms with E-state index in [1.54, 1.807) is 43.0 Å². The molecular weight excluding hydrogens is 406 g/mol. The number of nitrogens with zero attached hydrogens (tertiary/aromatic N) is 2. The van der Waals surface area contributed by atoms with Crippen molar-refractivity contribution in [2.45, 2.75) is 13.0 Å². The maximum absolute atomic E-state index is 12.8. The van der Waals surface area contributed by atoms with E-state index in [0.29, 0.717) is 46.2 Å². The quantitative estimate of drug-likeness (QED) is 0.679. The standard InChI is InChI=1S/C22H20ClN3O4/c1-24-20(27)12-30-18-6-3-13(10-19(18)29-2)9-14-7-8-26-21(14)25-17-11-15(23)4-5-16(17)22(26)28/h3-6,9-11H,7-8,12H2,1-2H3,(H,24,27)/b14-9+. The second-order valence-electron chi connectivity index (χ2n) is 6.85. The number of likely N-dealkylation sites (N-methyl/N-ethyl adjacent to an activating group) is 1. The Hall–Kier alpha value is -3.32. The normalized spacial score (nSPS) is 14.0. The third kappa shape index (κ3) is 3.76. The van der Waals surface area contributed by atoms with Gasteiger partial charge in [0, 0.05) is 18.6 Å². The number of aromatic nitrogens is 2. The largest absolute Gasteiger partial charge is 0.493 e. The van der Waals surface area contributed by atoms with Gasteiger partial charge in [0.15, 0.2) is 18.1 Å². The monoisotopic (exact) mass is 425 g/mol. The van der Waals surface area contributed by atoms with Gasteiger partial charge in [0.25, 0.3) is 11.5 Å². The van der Waals surface area contributed by atoms with Crippen LogP contribution in [0.5, 0.6) is 11.5 Å². The van der Waals surface area contributed by atoms with E-state index in [4.69, 9.17) is 21.1 Å². The molecule has 0 aliphatic carbocycles. The third-order valence-corrected chi connectivity index (χ3v) is 5.21. The Labute approximate surface area is 177 Å². The van der Waals surface area contributed by atoms with E-state index in [-0.39, 0.29) is 18.1 Å². The Morgan fingerprint density at radius 2 is 2.10 bits per heavy atom. The van der Waals surface area contributed by atoms with Gasteiger partial charge in [-0.2, -0.15) is 0 Å². The van der Waals surface area contributed by atoms with Crippen LogP contribution in [0.25, 0.3) is 22.6 Å². The lowest BCUT2D eigenvalue weighted by Crippen LogP contribution is -2.24. The number of carbonyl (C=O) groups excluding carboxylic acids is 1. The van der Waals surface area contributed by atoms with Crippen LogP contribution in [0.1, 0.15) is 17.8 Å². The Bertz CT molecular complexity index is 1230. The Balaban J connectivity index is 1.69. The summed E-state index contributed by atoms with van der Waals surface area (Å²) in [7, 11) is 3.09. The van der Waals surface area contributed by atoms with Crippen LogP contribution in [0.3, 0.4) is 0 Å². The second kappa shape index (κ2) is 8.20. The molecule has 4 rings (SSSR count). The van der Waals surface area contributed by atoms with E-state index >= 15 is 0 Å². The Morgan fingerprint density at radius 1 is 1.27 bits per heavy atom. The number of carbonyl (C=O) groups is 1. The molecule has 1 aliphatic heterocycles. The van der Waals surface area contributed by atoms with Gasteiger partial charge < -0.3 is 14.8 Å². The van der Waals surface area contributed by atoms with Crippen LogP contribution in [0.15, 0.2) is 41.2 Å². The number of allylic oxidation sites excluding steroid dienone is 1. The number of amides is 1. The van der Waals surface area contributed by atoms with Gasteiger partial charge in [0.2, 0.25) is 0 Å². The second-order valence-corrected chi connectivity index (χ2v) is 7.28. The molecule has 2 aromatic carbocycles. The maximum atomic E-state index is 12.8. The van der Waals surface area contributed by atoms with Crippen molar-refractivity contribution in [2.24, 2.45) is 0 Å². The van der Waals surface area contributed by atoms with E-state index in [1.165, 1.54) is 0 Å². The first kappa shape index (κ1) is 20.0. The number of rotatable bonds is 5. The number of halogens is 1. The Kier molecular flexibility index (Phi) is 5.46. The predicted molar refractivity (Wildman–Crippen MR) is 116 cm³/mol. The molecule has 2 heterocycles. The summed E-state index contributed by atoms with van der Waals surface area (Å²) in [6.45, 7) is 0.485. The van der Waals surface area contributed by atoms with E-state index < -0.39 is 0 Å². The van der Waals surface area contributed by atoms with Gasteiger partial charge in [-0.25, -0.2) is 4.98 Å². The SMILES string of the molecule is CNC(=O)COc1ccc(/C=C2\CCn3c2nc2cc(Cl)ccc2c3=O)cc1OC. The molecule has 0 saturated carbocycles. The lowest BCUT2D eigenvalue weighted by atomic mass is 10.1. The van der Waals surface area contributed by atoms with Crippen LogP contribution in [0, 0.1) is 0 Å². The van der Waals surface area contributed by atoms with Gasteiger partial charge in [0.1, 0.15) is 5.82 Å². The average Bonchev–Trinajstić information content (AvgIpc) is 3.15. The van der Waals surface area contributed by atoms with Crippen LogP contribution < -0.4 is 20.3 Å². The summed E-state index contributed by atoms with van der Waals surface area (Å²) in [6, 6.07) is 10.6. The summed E-state index contributed by atoms with van der Waals surface area (Å²) in [5, 5.41) is 3.61. The van der Waals surface area contributed by atoms with Crippen molar-refractivity contribution >= 4 is 40.1 Å². The summed E-state index contributed by atoms with van der Waals surface area (Å²) in [6.07, 6.45) is 2.68. The van der Waals surface area contributed by atoms with Gasteiger partial charge >= 0.3 is 0 Å². The van der Waals surface area contributed by atoms with Crippen molar-refractivity contribution in [3.63, 3.8) is 0 Å². The van der Waals surface area contributed by atoms with Crippen molar-refractivity contribution in [1.29, 1.82) is 0 Å². The topological polar surface area (TPSA) is 82.5 Å².